The average Bonchev–Trinajstić information content (AvgIpc) is 2.36. The van der Waals surface area contributed by atoms with Crippen LogP contribution in [-0.4, -0.2) is 12.6 Å². The molecule has 0 aliphatic heterocycles. The molecular formula is C15H18O2. The van der Waals surface area contributed by atoms with Crippen molar-refractivity contribution in [2.75, 3.05) is 6.61 Å². The Hall–Kier alpha value is -1.57. The molecule has 0 radical (unpaired) electrons. The second-order valence-electron chi connectivity index (χ2n) is 4.28. The van der Waals surface area contributed by atoms with Gasteiger partial charge in [0.1, 0.15) is 0 Å². The summed E-state index contributed by atoms with van der Waals surface area (Å²) in [5, 5.41) is 0. The van der Waals surface area contributed by atoms with Gasteiger partial charge < -0.3 is 4.74 Å². The average molecular weight is 230 g/mol. The summed E-state index contributed by atoms with van der Waals surface area (Å²) in [7, 11) is 0. The lowest BCUT2D eigenvalue weighted by molar-refractivity contribution is -0.137. The molecule has 90 valence electrons. The summed E-state index contributed by atoms with van der Waals surface area (Å²) in [6.07, 6.45) is 8.21. The lowest BCUT2D eigenvalue weighted by Gasteiger charge is -2.17. The largest absolute Gasteiger partial charge is 0.463 e. The lowest BCUT2D eigenvalue weighted by Crippen LogP contribution is -2.04. The molecular weight excluding hydrogens is 212 g/mol. The predicted octanol–water partition coefficient (Wildman–Crippen LogP) is 3.14. The summed E-state index contributed by atoms with van der Waals surface area (Å²) in [5.74, 6) is -0.263. The van der Waals surface area contributed by atoms with Gasteiger partial charge in [0.2, 0.25) is 0 Å². The third kappa shape index (κ3) is 2.96. The summed E-state index contributed by atoms with van der Waals surface area (Å²) in [6.45, 7) is 2.24. The predicted molar refractivity (Wildman–Crippen MR) is 68.8 cm³/mol. The highest BCUT2D eigenvalue weighted by atomic mass is 16.5. The zero-order valence-corrected chi connectivity index (χ0v) is 10.2. The summed E-state index contributed by atoms with van der Waals surface area (Å²) in [4.78, 5) is 11.3. The molecule has 0 saturated heterocycles. The molecule has 0 fully saturated rings. The molecule has 0 heterocycles. The van der Waals surface area contributed by atoms with Crippen LogP contribution in [0.25, 0.3) is 6.08 Å². The van der Waals surface area contributed by atoms with E-state index in [1.165, 1.54) is 30.0 Å². The number of aryl methyl sites for hydroxylation is 1. The van der Waals surface area contributed by atoms with Crippen molar-refractivity contribution in [2.45, 2.75) is 32.6 Å². The highest BCUT2D eigenvalue weighted by molar-refractivity contribution is 5.87. The van der Waals surface area contributed by atoms with E-state index < -0.39 is 0 Å². The number of fused-ring (bicyclic) bond motifs is 1. The Morgan fingerprint density at radius 2 is 2.18 bits per heavy atom. The van der Waals surface area contributed by atoms with Crippen LogP contribution in [-0.2, 0) is 22.4 Å². The fraction of sp³-hybridized carbons (Fsp3) is 0.400. The van der Waals surface area contributed by atoms with E-state index in [4.69, 9.17) is 4.74 Å². The normalized spacial score (nSPS) is 14.6. The van der Waals surface area contributed by atoms with Crippen LogP contribution in [0, 0.1) is 0 Å². The molecule has 1 aliphatic carbocycles. The summed E-state index contributed by atoms with van der Waals surface area (Å²) < 4.78 is 4.88. The van der Waals surface area contributed by atoms with E-state index in [-0.39, 0.29) is 5.97 Å². The van der Waals surface area contributed by atoms with Gasteiger partial charge in [-0.15, -0.1) is 0 Å². The van der Waals surface area contributed by atoms with Gasteiger partial charge in [0.15, 0.2) is 0 Å². The first-order valence-corrected chi connectivity index (χ1v) is 6.27. The Labute approximate surface area is 102 Å². The fourth-order valence-electron chi connectivity index (χ4n) is 2.32. The maximum atomic E-state index is 11.3. The minimum atomic E-state index is -0.263. The van der Waals surface area contributed by atoms with Crippen LogP contribution in [0.5, 0.6) is 0 Å². The highest BCUT2D eigenvalue weighted by Crippen LogP contribution is 2.25. The third-order valence-electron chi connectivity index (χ3n) is 3.12. The first-order chi connectivity index (χ1) is 8.31. The van der Waals surface area contributed by atoms with Crippen molar-refractivity contribution < 1.29 is 9.53 Å². The van der Waals surface area contributed by atoms with E-state index in [2.05, 4.69) is 18.2 Å². The Morgan fingerprint density at radius 3 is 3.00 bits per heavy atom. The number of carbonyl (C=O) groups is 1. The molecule has 0 N–H and O–H groups in total. The Kier molecular flexibility index (Phi) is 3.97. The zero-order valence-electron chi connectivity index (χ0n) is 10.2. The lowest BCUT2D eigenvalue weighted by atomic mass is 9.88. The molecule has 0 spiro atoms. The number of ether oxygens (including phenoxy) is 1. The second kappa shape index (κ2) is 5.67. The molecule has 0 unspecified atom stereocenters. The van der Waals surface area contributed by atoms with Gasteiger partial charge in [0.05, 0.1) is 6.61 Å². The van der Waals surface area contributed by atoms with Crippen molar-refractivity contribution in [3.63, 3.8) is 0 Å². The van der Waals surface area contributed by atoms with Crippen LogP contribution in [0.1, 0.15) is 36.5 Å². The Bertz CT molecular complexity index is 433. The molecule has 2 heteroatoms. The van der Waals surface area contributed by atoms with E-state index in [1.807, 2.05) is 13.0 Å². The van der Waals surface area contributed by atoms with Gasteiger partial charge in [-0.25, -0.2) is 4.79 Å². The van der Waals surface area contributed by atoms with E-state index in [0.717, 1.165) is 18.4 Å². The minimum Gasteiger partial charge on any atom is -0.463 e. The third-order valence-corrected chi connectivity index (χ3v) is 3.12. The number of esters is 1. The number of hydrogen-bond donors (Lipinski definition) is 0. The molecule has 17 heavy (non-hydrogen) atoms. The molecule has 2 rings (SSSR count). The maximum Gasteiger partial charge on any atom is 0.330 e. The van der Waals surface area contributed by atoms with Gasteiger partial charge in [-0.2, -0.15) is 0 Å². The van der Waals surface area contributed by atoms with Crippen molar-refractivity contribution in [3.8, 4) is 0 Å². The van der Waals surface area contributed by atoms with E-state index in [1.54, 1.807) is 0 Å². The summed E-state index contributed by atoms with van der Waals surface area (Å²) in [6, 6.07) is 6.32. The smallest absolute Gasteiger partial charge is 0.330 e. The molecule has 0 bridgehead atoms. The standard InChI is InChI=1S/C15H18O2/c1-2-17-15(16)11-10-13-8-5-7-12-6-3-4-9-14(12)13/h5,7-8,10-11H,2-4,6,9H2,1H3/b11-10+. The number of rotatable bonds is 3. The SMILES string of the molecule is CCOC(=O)/C=C/c1cccc2c1CCCC2. The van der Waals surface area contributed by atoms with Crippen LogP contribution in [0.2, 0.25) is 0 Å². The highest BCUT2D eigenvalue weighted by Gasteiger charge is 2.11. The first-order valence-electron chi connectivity index (χ1n) is 6.27. The van der Waals surface area contributed by atoms with E-state index in [0.29, 0.717) is 6.61 Å². The molecule has 1 aromatic carbocycles. The molecule has 0 amide bonds. The molecule has 0 aromatic heterocycles. The zero-order chi connectivity index (χ0) is 12.1. The molecule has 0 saturated carbocycles. The maximum absolute atomic E-state index is 11.3. The fourth-order valence-corrected chi connectivity index (χ4v) is 2.32. The van der Waals surface area contributed by atoms with Gasteiger partial charge in [-0.05, 0) is 55.4 Å². The monoisotopic (exact) mass is 230 g/mol. The second-order valence-corrected chi connectivity index (χ2v) is 4.28. The molecule has 2 nitrogen and oxygen atoms in total. The van der Waals surface area contributed by atoms with Crippen LogP contribution in [0.3, 0.4) is 0 Å². The van der Waals surface area contributed by atoms with Crippen molar-refractivity contribution in [3.05, 3.63) is 41.0 Å². The molecule has 1 aliphatic rings. The van der Waals surface area contributed by atoms with Gasteiger partial charge >= 0.3 is 5.97 Å². The summed E-state index contributed by atoms with van der Waals surface area (Å²) >= 11 is 0. The van der Waals surface area contributed by atoms with E-state index >= 15 is 0 Å². The number of benzene rings is 1. The van der Waals surface area contributed by atoms with Crippen LogP contribution >= 0.6 is 0 Å². The van der Waals surface area contributed by atoms with Gasteiger partial charge in [-0.1, -0.05) is 18.2 Å². The topological polar surface area (TPSA) is 26.3 Å². The quantitative estimate of drug-likeness (QED) is 0.589. The van der Waals surface area contributed by atoms with Crippen LogP contribution in [0.4, 0.5) is 0 Å². The first kappa shape index (κ1) is 11.9. The molecule has 1 aromatic rings. The van der Waals surface area contributed by atoms with E-state index in [9.17, 15) is 4.79 Å². The molecule has 0 atom stereocenters. The van der Waals surface area contributed by atoms with Crippen molar-refractivity contribution >= 4 is 12.0 Å². The van der Waals surface area contributed by atoms with Crippen LogP contribution in [0.15, 0.2) is 24.3 Å². The van der Waals surface area contributed by atoms with Gasteiger partial charge in [0.25, 0.3) is 0 Å². The summed E-state index contributed by atoms with van der Waals surface area (Å²) in [5.41, 5.74) is 4.00. The number of hydrogen-bond acceptors (Lipinski definition) is 2. The Morgan fingerprint density at radius 1 is 1.35 bits per heavy atom. The van der Waals surface area contributed by atoms with Crippen molar-refractivity contribution in [1.29, 1.82) is 0 Å². The minimum absolute atomic E-state index is 0.263. The van der Waals surface area contributed by atoms with Gasteiger partial charge in [-0.3, -0.25) is 0 Å². The van der Waals surface area contributed by atoms with Crippen molar-refractivity contribution in [1.82, 2.24) is 0 Å². The van der Waals surface area contributed by atoms with Crippen LogP contribution < -0.4 is 0 Å². The Balaban J connectivity index is 2.18. The van der Waals surface area contributed by atoms with Crippen molar-refractivity contribution in [2.24, 2.45) is 0 Å². The van der Waals surface area contributed by atoms with Gasteiger partial charge in [0, 0.05) is 6.08 Å². The number of carbonyl (C=O) groups excluding carboxylic acids is 1.